The van der Waals surface area contributed by atoms with E-state index in [2.05, 4.69) is 25.2 Å². The van der Waals surface area contributed by atoms with Crippen molar-refractivity contribution in [2.24, 2.45) is 5.92 Å². The molecule has 3 heteroatoms. The Labute approximate surface area is 95.9 Å². The van der Waals surface area contributed by atoms with Crippen LogP contribution in [0.15, 0.2) is 24.3 Å². The molecule has 1 aromatic rings. The van der Waals surface area contributed by atoms with Crippen LogP contribution in [0.2, 0.25) is 5.02 Å². The molecule has 80 valence electrons. The summed E-state index contributed by atoms with van der Waals surface area (Å²) in [5.41, 5.74) is 0.849. The summed E-state index contributed by atoms with van der Waals surface area (Å²) in [6.45, 7) is 5.02. The minimum Gasteiger partial charge on any atom is -0.298 e. The van der Waals surface area contributed by atoms with Crippen molar-refractivity contribution in [2.45, 2.75) is 19.9 Å². The van der Waals surface area contributed by atoms with E-state index in [-0.39, 0.29) is 6.04 Å². The monoisotopic (exact) mass is 222 g/mol. The molecule has 1 aromatic carbocycles. The molecule has 0 heterocycles. The molecule has 2 nitrogen and oxygen atoms in total. The van der Waals surface area contributed by atoms with E-state index >= 15 is 0 Å². The lowest BCUT2D eigenvalue weighted by atomic mass is 10.1. The molecule has 0 aromatic heterocycles. The molecule has 1 atom stereocenters. The van der Waals surface area contributed by atoms with Crippen LogP contribution in [-0.4, -0.2) is 6.54 Å². The highest BCUT2D eigenvalue weighted by Gasteiger charge is 2.12. The summed E-state index contributed by atoms with van der Waals surface area (Å²) in [7, 11) is 0. The van der Waals surface area contributed by atoms with Gasteiger partial charge in [-0.3, -0.25) is 5.32 Å². The zero-order valence-corrected chi connectivity index (χ0v) is 9.75. The van der Waals surface area contributed by atoms with E-state index in [1.54, 1.807) is 6.07 Å². The number of nitriles is 1. The van der Waals surface area contributed by atoms with E-state index in [1.165, 1.54) is 0 Å². The van der Waals surface area contributed by atoms with E-state index in [1.807, 2.05) is 18.2 Å². The van der Waals surface area contributed by atoms with Gasteiger partial charge in [-0.15, -0.1) is 0 Å². The molecule has 1 N–H and O–H groups in total. The summed E-state index contributed by atoms with van der Waals surface area (Å²) in [6, 6.07) is 9.34. The van der Waals surface area contributed by atoms with Crippen LogP contribution in [0.1, 0.15) is 25.5 Å². The average Bonchev–Trinajstić information content (AvgIpc) is 2.21. The smallest absolute Gasteiger partial charge is 0.122 e. The first-order chi connectivity index (χ1) is 7.15. The van der Waals surface area contributed by atoms with Gasteiger partial charge in [0.15, 0.2) is 0 Å². The predicted octanol–water partition coefficient (Wildman–Crippen LogP) is 3.15. The summed E-state index contributed by atoms with van der Waals surface area (Å²) in [6.07, 6.45) is 0. The minimum absolute atomic E-state index is 0.318. The topological polar surface area (TPSA) is 35.8 Å². The molecule has 0 fully saturated rings. The normalized spacial score (nSPS) is 12.5. The van der Waals surface area contributed by atoms with Crippen molar-refractivity contribution < 1.29 is 0 Å². The van der Waals surface area contributed by atoms with E-state index < -0.39 is 0 Å². The third-order valence-corrected chi connectivity index (χ3v) is 2.42. The van der Waals surface area contributed by atoms with Crippen LogP contribution in [0.3, 0.4) is 0 Å². The lowest BCUT2D eigenvalue weighted by Crippen LogP contribution is -2.24. The number of rotatable bonds is 4. The van der Waals surface area contributed by atoms with Crippen LogP contribution < -0.4 is 5.32 Å². The third-order valence-electron chi connectivity index (χ3n) is 2.08. The van der Waals surface area contributed by atoms with Gasteiger partial charge < -0.3 is 0 Å². The molecule has 0 amide bonds. The second kappa shape index (κ2) is 5.75. The quantitative estimate of drug-likeness (QED) is 0.850. The number of nitrogens with one attached hydrogen (secondary N) is 1. The van der Waals surface area contributed by atoms with E-state index in [0.29, 0.717) is 10.9 Å². The van der Waals surface area contributed by atoms with Gasteiger partial charge in [-0.1, -0.05) is 43.6 Å². The molecule has 1 rings (SSSR count). The Hall–Kier alpha value is -1.04. The number of halogens is 1. The zero-order chi connectivity index (χ0) is 11.3. The number of hydrogen-bond acceptors (Lipinski definition) is 2. The molecule has 0 aliphatic rings. The molecule has 0 unspecified atom stereocenters. The fourth-order valence-corrected chi connectivity index (χ4v) is 1.53. The van der Waals surface area contributed by atoms with Gasteiger partial charge in [0, 0.05) is 10.6 Å². The van der Waals surface area contributed by atoms with Gasteiger partial charge in [0.05, 0.1) is 6.07 Å². The maximum Gasteiger partial charge on any atom is 0.122 e. The van der Waals surface area contributed by atoms with Crippen LogP contribution in [0.5, 0.6) is 0 Å². The van der Waals surface area contributed by atoms with Crippen LogP contribution in [0.25, 0.3) is 0 Å². The third kappa shape index (κ3) is 3.54. The maximum absolute atomic E-state index is 9.05. The highest BCUT2D eigenvalue weighted by molar-refractivity contribution is 6.31. The minimum atomic E-state index is -0.318. The number of hydrogen-bond donors (Lipinski definition) is 1. The van der Waals surface area contributed by atoms with E-state index in [0.717, 1.165) is 12.1 Å². The van der Waals surface area contributed by atoms with Gasteiger partial charge in [0.1, 0.15) is 6.04 Å². The Balaban J connectivity index is 2.76. The molecule has 0 aliphatic heterocycles. The van der Waals surface area contributed by atoms with Crippen molar-refractivity contribution in [3.63, 3.8) is 0 Å². The van der Waals surface area contributed by atoms with Gasteiger partial charge in [-0.2, -0.15) is 5.26 Å². The first-order valence-electron chi connectivity index (χ1n) is 5.02. The summed E-state index contributed by atoms with van der Waals surface area (Å²) in [5, 5.41) is 12.9. The second-order valence-electron chi connectivity index (χ2n) is 3.89. The molecular formula is C12H15ClN2. The first-order valence-corrected chi connectivity index (χ1v) is 5.40. The maximum atomic E-state index is 9.05. The Morgan fingerprint density at radius 2 is 2.07 bits per heavy atom. The van der Waals surface area contributed by atoms with Crippen molar-refractivity contribution >= 4 is 11.6 Å². The highest BCUT2D eigenvalue weighted by Crippen LogP contribution is 2.22. The van der Waals surface area contributed by atoms with Crippen LogP contribution in [-0.2, 0) is 0 Å². The number of benzene rings is 1. The second-order valence-corrected chi connectivity index (χ2v) is 4.29. The molecule has 0 saturated carbocycles. The molecule has 0 aliphatic carbocycles. The van der Waals surface area contributed by atoms with E-state index in [4.69, 9.17) is 16.9 Å². The molecule has 0 radical (unpaired) electrons. The summed E-state index contributed by atoms with van der Waals surface area (Å²) >= 11 is 6.02. The van der Waals surface area contributed by atoms with Crippen molar-refractivity contribution in [2.75, 3.05) is 6.54 Å². The van der Waals surface area contributed by atoms with E-state index in [9.17, 15) is 0 Å². The lowest BCUT2D eigenvalue weighted by molar-refractivity contribution is 0.525. The zero-order valence-electron chi connectivity index (χ0n) is 9.00. The fourth-order valence-electron chi connectivity index (χ4n) is 1.29. The van der Waals surface area contributed by atoms with Crippen LogP contribution in [0.4, 0.5) is 0 Å². The highest BCUT2D eigenvalue weighted by atomic mass is 35.5. The fraction of sp³-hybridized carbons (Fsp3) is 0.417. The van der Waals surface area contributed by atoms with Gasteiger partial charge in [0.25, 0.3) is 0 Å². The Kier molecular flexibility index (Phi) is 4.61. The van der Waals surface area contributed by atoms with Crippen molar-refractivity contribution in [3.8, 4) is 6.07 Å². The van der Waals surface area contributed by atoms with Crippen molar-refractivity contribution in [3.05, 3.63) is 34.9 Å². The summed E-state index contributed by atoms with van der Waals surface area (Å²) in [5.74, 6) is 0.517. The molecule has 0 spiro atoms. The molecule has 0 bridgehead atoms. The Morgan fingerprint density at radius 3 is 2.60 bits per heavy atom. The van der Waals surface area contributed by atoms with Crippen LogP contribution in [0, 0.1) is 17.2 Å². The molecular weight excluding hydrogens is 208 g/mol. The van der Waals surface area contributed by atoms with Crippen molar-refractivity contribution in [1.82, 2.24) is 5.32 Å². The molecule has 15 heavy (non-hydrogen) atoms. The van der Waals surface area contributed by atoms with Gasteiger partial charge in [-0.05, 0) is 18.5 Å². The average molecular weight is 223 g/mol. The SMILES string of the molecule is CC(C)CN[C@@H](C#N)c1ccccc1Cl. The first kappa shape index (κ1) is 12.0. The lowest BCUT2D eigenvalue weighted by Gasteiger charge is -2.14. The predicted molar refractivity (Wildman–Crippen MR) is 62.6 cm³/mol. The van der Waals surface area contributed by atoms with Gasteiger partial charge in [-0.25, -0.2) is 0 Å². The standard InChI is InChI=1S/C12H15ClN2/c1-9(2)8-15-12(7-14)10-5-3-4-6-11(10)13/h3-6,9,12,15H,8H2,1-2H3/t12-/m0/s1. The van der Waals surface area contributed by atoms with Gasteiger partial charge >= 0.3 is 0 Å². The summed E-state index contributed by atoms with van der Waals surface area (Å²) in [4.78, 5) is 0. The largest absolute Gasteiger partial charge is 0.298 e. The summed E-state index contributed by atoms with van der Waals surface area (Å²) < 4.78 is 0. The Bertz CT molecular complexity index is 355. The number of nitrogens with zero attached hydrogens (tertiary/aromatic N) is 1. The van der Waals surface area contributed by atoms with Crippen molar-refractivity contribution in [1.29, 1.82) is 5.26 Å². The Morgan fingerprint density at radius 1 is 1.40 bits per heavy atom. The van der Waals surface area contributed by atoms with Gasteiger partial charge in [0.2, 0.25) is 0 Å². The van der Waals surface area contributed by atoms with Crippen LogP contribution >= 0.6 is 11.6 Å². The molecule has 0 saturated heterocycles.